The monoisotopic (exact) mass is 450 g/mol. The first-order chi connectivity index (χ1) is 16.8. The van der Waals surface area contributed by atoms with E-state index in [1.54, 1.807) is 0 Å². The number of hydrogen-bond acceptors (Lipinski definition) is 5. The van der Waals surface area contributed by atoms with Crippen LogP contribution in [0.3, 0.4) is 0 Å². The summed E-state index contributed by atoms with van der Waals surface area (Å²) in [7, 11) is 0. The fourth-order valence-corrected chi connectivity index (χ4v) is 6.33. The van der Waals surface area contributed by atoms with Gasteiger partial charge >= 0.3 is 0 Å². The number of rotatable bonds is 7. The summed E-state index contributed by atoms with van der Waals surface area (Å²) in [5, 5.41) is 19.5. The molecular weight excluding hydrogens is 420 g/mol. The van der Waals surface area contributed by atoms with Crippen LogP contribution in [-0.2, 0) is 18.6 Å². The lowest BCUT2D eigenvalue weighted by Gasteiger charge is -2.51. The van der Waals surface area contributed by atoms with Crippen molar-refractivity contribution in [1.29, 1.82) is 0 Å². The number of hydrogen-bond donors (Lipinski definition) is 2. The SMILES string of the molecule is c1ccc(CNC2CCC3C(c4nn[nH]n4)CC2(c2ccccc2)N3Cc2ccccc2)cc1. The Balaban J connectivity index is 1.43. The van der Waals surface area contributed by atoms with Gasteiger partial charge in [0.25, 0.3) is 0 Å². The maximum Gasteiger partial charge on any atom is 0.179 e. The summed E-state index contributed by atoms with van der Waals surface area (Å²) in [4.78, 5) is 2.74. The van der Waals surface area contributed by atoms with Gasteiger partial charge < -0.3 is 5.32 Å². The van der Waals surface area contributed by atoms with E-state index in [2.05, 4.69) is 122 Å². The minimum Gasteiger partial charge on any atom is -0.308 e. The number of nitrogens with zero attached hydrogens (tertiary/aromatic N) is 4. The third kappa shape index (κ3) is 3.73. The van der Waals surface area contributed by atoms with Crippen LogP contribution in [0, 0.1) is 0 Å². The summed E-state index contributed by atoms with van der Waals surface area (Å²) in [6.07, 6.45) is 3.19. The fourth-order valence-electron chi connectivity index (χ4n) is 6.33. The summed E-state index contributed by atoms with van der Waals surface area (Å²) in [5.74, 6) is 1.08. The molecule has 6 heteroatoms. The van der Waals surface area contributed by atoms with Crippen LogP contribution >= 0.6 is 0 Å². The lowest BCUT2D eigenvalue weighted by molar-refractivity contribution is 0.00973. The van der Waals surface area contributed by atoms with Gasteiger partial charge in [-0.2, -0.15) is 5.21 Å². The van der Waals surface area contributed by atoms with Gasteiger partial charge in [-0.25, -0.2) is 0 Å². The molecule has 4 atom stereocenters. The highest BCUT2D eigenvalue weighted by Gasteiger charge is 2.60. The Morgan fingerprint density at radius 1 is 0.853 bits per heavy atom. The average molecular weight is 451 g/mol. The summed E-state index contributed by atoms with van der Waals surface area (Å²) in [5.41, 5.74) is 3.87. The van der Waals surface area contributed by atoms with E-state index in [4.69, 9.17) is 0 Å². The van der Waals surface area contributed by atoms with E-state index in [-0.39, 0.29) is 11.5 Å². The lowest BCUT2D eigenvalue weighted by atomic mass is 9.76. The molecule has 0 aliphatic carbocycles. The normalized spacial score (nSPS) is 26.5. The van der Waals surface area contributed by atoms with Gasteiger partial charge in [-0.1, -0.05) is 96.2 Å². The first-order valence-corrected chi connectivity index (χ1v) is 12.2. The number of aromatic amines is 1. The highest BCUT2D eigenvalue weighted by Crippen LogP contribution is 2.56. The number of fused-ring (bicyclic) bond motifs is 2. The number of nitrogens with one attached hydrogen (secondary N) is 2. The highest BCUT2D eigenvalue weighted by atomic mass is 15.5. The standard InChI is InChI=1S/C28H30N6/c1-4-10-21(11-5-1)19-29-26-17-16-25-24(27-30-32-33-31-27)18-28(26,23-14-8-3-9-15-23)34(25)20-22-12-6-2-7-13-22/h1-15,24-26,29H,16-20H2,(H,30,31,32,33). The van der Waals surface area contributed by atoms with Gasteiger partial charge in [-0.15, -0.1) is 10.2 Å². The molecule has 2 aliphatic rings. The number of tetrazole rings is 1. The average Bonchev–Trinajstić information content (AvgIpc) is 3.50. The molecule has 0 saturated carbocycles. The zero-order valence-electron chi connectivity index (χ0n) is 19.2. The molecule has 2 fully saturated rings. The van der Waals surface area contributed by atoms with Gasteiger partial charge in [-0.3, -0.25) is 4.90 Å². The smallest absolute Gasteiger partial charge is 0.179 e. The van der Waals surface area contributed by atoms with Crippen LogP contribution in [0.4, 0.5) is 0 Å². The van der Waals surface area contributed by atoms with Crippen molar-refractivity contribution in [3.05, 3.63) is 114 Å². The van der Waals surface area contributed by atoms with Crippen LogP contribution in [0.2, 0.25) is 0 Å². The fraction of sp³-hybridized carbons (Fsp3) is 0.321. The molecule has 1 aromatic heterocycles. The maximum absolute atomic E-state index is 4.45. The molecule has 2 bridgehead atoms. The lowest BCUT2D eigenvalue weighted by Crippen LogP contribution is -2.60. The van der Waals surface area contributed by atoms with E-state index < -0.39 is 0 Å². The first kappa shape index (κ1) is 21.2. The second kappa shape index (κ2) is 9.12. The second-order valence-electron chi connectivity index (χ2n) is 9.55. The van der Waals surface area contributed by atoms with Crippen LogP contribution in [0.25, 0.3) is 0 Å². The van der Waals surface area contributed by atoms with Crippen LogP contribution in [-0.4, -0.2) is 37.6 Å². The topological polar surface area (TPSA) is 69.7 Å². The van der Waals surface area contributed by atoms with Crippen molar-refractivity contribution >= 4 is 0 Å². The number of benzene rings is 3. The maximum atomic E-state index is 4.45. The number of piperidine rings is 1. The van der Waals surface area contributed by atoms with E-state index in [1.807, 2.05) is 0 Å². The predicted molar refractivity (Wildman–Crippen MR) is 132 cm³/mol. The molecule has 4 unspecified atom stereocenters. The summed E-state index contributed by atoms with van der Waals surface area (Å²) < 4.78 is 0. The molecule has 6 nitrogen and oxygen atoms in total. The Morgan fingerprint density at radius 2 is 1.53 bits per heavy atom. The molecule has 3 aromatic carbocycles. The molecule has 2 saturated heterocycles. The van der Waals surface area contributed by atoms with Crippen LogP contribution in [0.15, 0.2) is 91.0 Å². The largest absolute Gasteiger partial charge is 0.308 e. The third-order valence-corrected chi connectivity index (χ3v) is 7.79. The van der Waals surface area contributed by atoms with Crippen LogP contribution < -0.4 is 5.32 Å². The number of aromatic nitrogens is 4. The van der Waals surface area contributed by atoms with Crippen molar-refractivity contribution in [2.45, 2.75) is 55.9 Å². The Labute approximate surface area is 200 Å². The van der Waals surface area contributed by atoms with E-state index in [0.717, 1.165) is 38.2 Å². The Morgan fingerprint density at radius 3 is 2.21 bits per heavy atom. The van der Waals surface area contributed by atoms with Crippen molar-refractivity contribution < 1.29 is 0 Å². The van der Waals surface area contributed by atoms with E-state index in [0.29, 0.717) is 12.1 Å². The van der Waals surface area contributed by atoms with Crippen LogP contribution in [0.1, 0.15) is 47.7 Å². The van der Waals surface area contributed by atoms with Crippen molar-refractivity contribution in [2.24, 2.45) is 0 Å². The Hall–Kier alpha value is -3.35. The summed E-state index contributed by atoms with van der Waals surface area (Å²) >= 11 is 0. The highest BCUT2D eigenvalue weighted by molar-refractivity contribution is 5.35. The van der Waals surface area contributed by atoms with Crippen molar-refractivity contribution in [2.75, 3.05) is 0 Å². The molecule has 3 heterocycles. The van der Waals surface area contributed by atoms with Gasteiger partial charge in [0.05, 0.1) is 5.54 Å². The molecule has 0 radical (unpaired) electrons. The molecule has 4 aromatic rings. The molecule has 0 amide bonds. The molecule has 2 N–H and O–H groups in total. The molecular formula is C28H30N6. The Bertz CT molecular complexity index is 1180. The molecule has 172 valence electrons. The quantitative estimate of drug-likeness (QED) is 0.437. The van der Waals surface area contributed by atoms with E-state index in [9.17, 15) is 0 Å². The zero-order valence-corrected chi connectivity index (χ0v) is 19.2. The molecule has 6 rings (SSSR count). The minimum atomic E-state index is -0.153. The first-order valence-electron chi connectivity index (χ1n) is 12.2. The molecule has 0 spiro atoms. The zero-order chi connectivity index (χ0) is 22.8. The third-order valence-electron chi connectivity index (χ3n) is 7.79. The van der Waals surface area contributed by atoms with Gasteiger partial charge in [-0.05, 0) is 36.0 Å². The van der Waals surface area contributed by atoms with Crippen molar-refractivity contribution in [3.8, 4) is 0 Å². The van der Waals surface area contributed by atoms with Gasteiger partial charge in [0.15, 0.2) is 5.82 Å². The van der Waals surface area contributed by atoms with Crippen molar-refractivity contribution in [3.63, 3.8) is 0 Å². The second-order valence-corrected chi connectivity index (χ2v) is 9.55. The minimum absolute atomic E-state index is 0.153. The van der Waals surface area contributed by atoms with Gasteiger partial charge in [0, 0.05) is 31.1 Å². The Kier molecular flexibility index (Phi) is 5.69. The van der Waals surface area contributed by atoms with Gasteiger partial charge in [0.2, 0.25) is 0 Å². The molecule has 34 heavy (non-hydrogen) atoms. The van der Waals surface area contributed by atoms with Crippen molar-refractivity contribution in [1.82, 2.24) is 30.8 Å². The van der Waals surface area contributed by atoms with Crippen LogP contribution in [0.5, 0.6) is 0 Å². The van der Waals surface area contributed by atoms with E-state index >= 15 is 0 Å². The predicted octanol–water partition coefficient (Wildman–Crippen LogP) is 4.41. The molecule has 2 aliphatic heterocycles. The summed E-state index contributed by atoms with van der Waals surface area (Å²) in [6, 6.07) is 33.3. The summed E-state index contributed by atoms with van der Waals surface area (Å²) in [6.45, 7) is 1.76. The van der Waals surface area contributed by atoms with E-state index in [1.165, 1.54) is 16.7 Å². The number of H-pyrrole nitrogens is 1. The van der Waals surface area contributed by atoms with Gasteiger partial charge in [0.1, 0.15) is 0 Å².